The summed E-state index contributed by atoms with van der Waals surface area (Å²) >= 11 is 0. The average molecular weight is 345 g/mol. The predicted molar refractivity (Wildman–Crippen MR) is 90.3 cm³/mol. The van der Waals surface area contributed by atoms with Crippen molar-refractivity contribution in [2.24, 2.45) is 0 Å². The Balaban J connectivity index is 1.98. The zero-order valence-electron chi connectivity index (χ0n) is 13.3. The number of rotatable bonds is 4. The normalized spacial score (nSPS) is 21.7. The van der Waals surface area contributed by atoms with E-state index in [2.05, 4.69) is 0 Å². The van der Waals surface area contributed by atoms with Gasteiger partial charge in [-0.25, -0.2) is 8.42 Å². The molecule has 1 fully saturated rings. The molecule has 3 rings (SSSR count). The van der Waals surface area contributed by atoms with Crippen LogP contribution in [0.15, 0.2) is 59.5 Å². The van der Waals surface area contributed by atoms with Crippen molar-refractivity contribution in [1.82, 2.24) is 4.31 Å². The van der Waals surface area contributed by atoms with Crippen LogP contribution >= 0.6 is 0 Å². The molecule has 0 bridgehead atoms. The van der Waals surface area contributed by atoms with Gasteiger partial charge in [-0.05, 0) is 31.0 Å². The zero-order valence-corrected chi connectivity index (χ0v) is 14.1. The van der Waals surface area contributed by atoms with E-state index in [-0.39, 0.29) is 17.4 Å². The Hall–Kier alpha value is -2.18. The Labute approximate surface area is 141 Å². The summed E-state index contributed by atoms with van der Waals surface area (Å²) < 4.78 is 26.9. The number of nitrogens with zero attached hydrogens (tertiary/aromatic N) is 1. The molecule has 1 heterocycles. The van der Waals surface area contributed by atoms with E-state index in [1.165, 1.54) is 12.1 Å². The lowest BCUT2D eigenvalue weighted by molar-refractivity contribution is -0.141. The van der Waals surface area contributed by atoms with Crippen LogP contribution < -0.4 is 0 Å². The molecular weight excluding hydrogens is 326 g/mol. The van der Waals surface area contributed by atoms with Crippen molar-refractivity contribution in [1.29, 1.82) is 0 Å². The van der Waals surface area contributed by atoms with Crippen LogP contribution in [0.2, 0.25) is 0 Å². The number of sulfonamides is 1. The quantitative estimate of drug-likeness (QED) is 0.924. The highest BCUT2D eigenvalue weighted by atomic mass is 32.2. The van der Waals surface area contributed by atoms with Gasteiger partial charge in [-0.1, -0.05) is 48.0 Å². The van der Waals surface area contributed by atoms with Crippen LogP contribution in [-0.4, -0.2) is 36.4 Å². The van der Waals surface area contributed by atoms with E-state index < -0.39 is 22.0 Å². The van der Waals surface area contributed by atoms with Crippen LogP contribution in [0.5, 0.6) is 0 Å². The van der Waals surface area contributed by atoms with Crippen LogP contribution in [0.25, 0.3) is 0 Å². The summed E-state index contributed by atoms with van der Waals surface area (Å²) in [6.07, 6.45) is 0.492. The number of benzene rings is 2. The minimum Gasteiger partial charge on any atom is -0.480 e. The van der Waals surface area contributed by atoms with Crippen molar-refractivity contribution in [3.63, 3.8) is 0 Å². The molecule has 0 aromatic heterocycles. The van der Waals surface area contributed by atoms with Crippen LogP contribution in [-0.2, 0) is 14.8 Å². The van der Waals surface area contributed by atoms with E-state index in [4.69, 9.17) is 0 Å². The molecule has 0 aliphatic carbocycles. The maximum absolute atomic E-state index is 12.9. The average Bonchev–Trinajstić information content (AvgIpc) is 3.02. The predicted octanol–water partition coefficient (Wildman–Crippen LogP) is 2.63. The molecule has 1 saturated heterocycles. The molecule has 1 unspecified atom stereocenters. The maximum atomic E-state index is 12.9. The van der Waals surface area contributed by atoms with Gasteiger partial charge in [0.15, 0.2) is 0 Å². The first-order chi connectivity index (χ1) is 11.4. The van der Waals surface area contributed by atoms with E-state index in [1.807, 2.05) is 37.3 Å². The number of carbonyl (C=O) groups is 1. The van der Waals surface area contributed by atoms with Gasteiger partial charge >= 0.3 is 5.97 Å². The molecule has 5 nitrogen and oxygen atoms in total. The van der Waals surface area contributed by atoms with Crippen molar-refractivity contribution in [2.75, 3.05) is 6.54 Å². The fraction of sp³-hybridized carbons (Fsp3) is 0.278. The summed E-state index contributed by atoms with van der Waals surface area (Å²) in [5, 5.41) is 9.66. The Kier molecular flexibility index (Phi) is 4.43. The van der Waals surface area contributed by atoms with Gasteiger partial charge in [-0.2, -0.15) is 4.31 Å². The number of carboxylic acid groups (broad SMARTS) is 1. The molecule has 1 aliphatic heterocycles. The lowest BCUT2D eigenvalue weighted by atomic mass is 9.92. The van der Waals surface area contributed by atoms with E-state index >= 15 is 0 Å². The molecule has 126 valence electrons. The van der Waals surface area contributed by atoms with Gasteiger partial charge in [-0.3, -0.25) is 4.79 Å². The zero-order chi connectivity index (χ0) is 17.3. The molecule has 2 aromatic carbocycles. The molecule has 0 spiro atoms. The van der Waals surface area contributed by atoms with Crippen LogP contribution in [0.3, 0.4) is 0 Å². The standard InChI is InChI=1S/C18H19NO4S/c1-13-7-9-15(10-8-13)24(22,23)19-12-11-16(17(19)18(20)21)14-5-3-2-4-6-14/h2-10,16-17H,11-12H2,1H3,(H,20,21)/t16?,17-/m0/s1. The highest BCUT2D eigenvalue weighted by molar-refractivity contribution is 7.89. The van der Waals surface area contributed by atoms with Gasteiger partial charge in [0.1, 0.15) is 6.04 Å². The summed E-state index contributed by atoms with van der Waals surface area (Å²) in [5.41, 5.74) is 1.80. The first-order valence-electron chi connectivity index (χ1n) is 7.77. The molecule has 0 amide bonds. The topological polar surface area (TPSA) is 74.7 Å². The van der Waals surface area contributed by atoms with Crippen LogP contribution in [0.4, 0.5) is 0 Å². The second-order valence-electron chi connectivity index (χ2n) is 6.02. The molecule has 1 N–H and O–H groups in total. The molecular formula is C18H19NO4S. The molecule has 0 radical (unpaired) electrons. The van der Waals surface area contributed by atoms with E-state index in [0.717, 1.165) is 15.4 Å². The third-order valence-electron chi connectivity index (χ3n) is 4.46. The summed E-state index contributed by atoms with van der Waals surface area (Å²) in [6.45, 7) is 2.07. The van der Waals surface area contributed by atoms with Gasteiger partial charge in [0, 0.05) is 12.5 Å². The van der Waals surface area contributed by atoms with Crippen molar-refractivity contribution < 1.29 is 18.3 Å². The van der Waals surface area contributed by atoms with Crippen LogP contribution in [0, 0.1) is 6.92 Å². The maximum Gasteiger partial charge on any atom is 0.322 e. The number of aryl methyl sites for hydroxylation is 1. The molecule has 1 aliphatic rings. The summed E-state index contributed by atoms with van der Waals surface area (Å²) in [6, 6.07) is 14.6. The van der Waals surface area contributed by atoms with Gasteiger partial charge in [0.05, 0.1) is 4.90 Å². The third kappa shape index (κ3) is 2.95. The Morgan fingerprint density at radius 1 is 1.08 bits per heavy atom. The Morgan fingerprint density at radius 3 is 2.29 bits per heavy atom. The second kappa shape index (κ2) is 6.37. The number of hydrogen-bond donors (Lipinski definition) is 1. The lowest BCUT2D eigenvalue weighted by Crippen LogP contribution is -2.42. The highest BCUT2D eigenvalue weighted by Gasteiger charge is 2.46. The minimum absolute atomic E-state index is 0.132. The molecule has 24 heavy (non-hydrogen) atoms. The van der Waals surface area contributed by atoms with Crippen molar-refractivity contribution >= 4 is 16.0 Å². The lowest BCUT2D eigenvalue weighted by Gasteiger charge is -2.24. The molecule has 2 atom stereocenters. The SMILES string of the molecule is Cc1ccc(S(=O)(=O)N2CCC(c3ccccc3)[C@H]2C(=O)O)cc1. The Bertz CT molecular complexity index is 831. The first kappa shape index (κ1) is 16.7. The van der Waals surface area contributed by atoms with Gasteiger partial charge in [0.25, 0.3) is 0 Å². The monoisotopic (exact) mass is 345 g/mol. The summed E-state index contributed by atoms with van der Waals surface area (Å²) in [5.74, 6) is -1.46. The minimum atomic E-state index is -3.84. The van der Waals surface area contributed by atoms with Crippen molar-refractivity contribution in [2.45, 2.75) is 30.2 Å². The van der Waals surface area contributed by atoms with Crippen molar-refractivity contribution in [3.05, 3.63) is 65.7 Å². The van der Waals surface area contributed by atoms with E-state index in [9.17, 15) is 18.3 Å². The largest absolute Gasteiger partial charge is 0.480 e. The fourth-order valence-electron chi connectivity index (χ4n) is 3.22. The van der Waals surface area contributed by atoms with E-state index in [1.54, 1.807) is 12.1 Å². The summed E-state index contributed by atoms with van der Waals surface area (Å²) in [7, 11) is -3.84. The fourth-order valence-corrected chi connectivity index (χ4v) is 4.86. The van der Waals surface area contributed by atoms with Crippen LogP contribution in [0.1, 0.15) is 23.5 Å². The van der Waals surface area contributed by atoms with E-state index in [0.29, 0.717) is 6.42 Å². The van der Waals surface area contributed by atoms with Crippen molar-refractivity contribution in [3.8, 4) is 0 Å². The molecule has 0 saturated carbocycles. The molecule has 2 aromatic rings. The first-order valence-corrected chi connectivity index (χ1v) is 9.21. The van der Waals surface area contributed by atoms with Gasteiger partial charge < -0.3 is 5.11 Å². The smallest absolute Gasteiger partial charge is 0.322 e. The Morgan fingerprint density at radius 2 is 1.71 bits per heavy atom. The summed E-state index contributed by atoms with van der Waals surface area (Å²) in [4.78, 5) is 12.0. The third-order valence-corrected chi connectivity index (χ3v) is 6.36. The van der Waals surface area contributed by atoms with Gasteiger partial charge in [0.2, 0.25) is 10.0 Å². The van der Waals surface area contributed by atoms with Gasteiger partial charge in [-0.15, -0.1) is 0 Å². The number of hydrogen-bond acceptors (Lipinski definition) is 3. The molecule has 6 heteroatoms. The highest BCUT2D eigenvalue weighted by Crippen LogP contribution is 2.37. The second-order valence-corrected chi connectivity index (χ2v) is 7.91. The number of carboxylic acids is 1. The number of aliphatic carboxylic acids is 1.